The summed E-state index contributed by atoms with van der Waals surface area (Å²) in [6.07, 6.45) is 3.39. The molecule has 0 saturated heterocycles. The minimum Gasteiger partial charge on any atom is -0.507 e. The maximum atomic E-state index is 9.90. The standard InChI is InChI=1S/C16H14N4OS/c17-16(22)20-19-9-13-8-11(2-4-15(13)21)10-1-3-14-12(7-10)5-6-18-14/h1-9,18,21H,(H3,17,20,22). The number of nitrogens with two attached hydrogens (primary N) is 1. The van der Waals surface area contributed by atoms with Crippen LogP contribution in [0.2, 0.25) is 0 Å². The van der Waals surface area contributed by atoms with Crippen molar-refractivity contribution in [1.29, 1.82) is 0 Å². The van der Waals surface area contributed by atoms with Gasteiger partial charge < -0.3 is 15.8 Å². The fourth-order valence-electron chi connectivity index (χ4n) is 2.24. The molecule has 0 amide bonds. The Hall–Kier alpha value is -2.86. The zero-order valence-corrected chi connectivity index (χ0v) is 12.4. The van der Waals surface area contributed by atoms with E-state index in [9.17, 15) is 5.11 Å². The van der Waals surface area contributed by atoms with Crippen molar-refractivity contribution in [2.24, 2.45) is 10.8 Å². The Balaban J connectivity index is 1.96. The van der Waals surface area contributed by atoms with Crippen molar-refractivity contribution in [3.05, 3.63) is 54.2 Å². The fraction of sp³-hybridized carbons (Fsp3) is 0. The van der Waals surface area contributed by atoms with E-state index in [-0.39, 0.29) is 10.9 Å². The third-order valence-corrected chi connectivity index (χ3v) is 3.38. The first-order valence-corrected chi connectivity index (χ1v) is 7.03. The number of hydrogen-bond donors (Lipinski definition) is 4. The second-order valence-corrected chi connectivity index (χ2v) is 5.23. The van der Waals surface area contributed by atoms with Crippen molar-refractivity contribution in [3.63, 3.8) is 0 Å². The molecule has 1 heterocycles. The number of aromatic nitrogens is 1. The largest absolute Gasteiger partial charge is 0.507 e. The maximum absolute atomic E-state index is 9.90. The summed E-state index contributed by atoms with van der Waals surface area (Å²) < 4.78 is 0. The predicted molar refractivity (Wildman–Crippen MR) is 92.9 cm³/mol. The molecule has 0 bridgehead atoms. The number of benzene rings is 2. The summed E-state index contributed by atoms with van der Waals surface area (Å²) in [5, 5.41) is 15.0. The number of phenols is 1. The van der Waals surface area contributed by atoms with E-state index in [4.69, 9.17) is 5.73 Å². The Labute approximate surface area is 132 Å². The van der Waals surface area contributed by atoms with Gasteiger partial charge in [0.1, 0.15) is 5.75 Å². The minimum absolute atomic E-state index is 0.0739. The van der Waals surface area contributed by atoms with Gasteiger partial charge in [0.25, 0.3) is 0 Å². The number of thiocarbonyl (C=S) groups is 1. The molecule has 1 aromatic heterocycles. The first-order valence-electron chi connectivity index (χ1n) is 6.62. The predicted octanol–water partition coefficient (Wildman–Crippen LogP) is 2.71. The molecule has 0 aliphatic heterocycles. The van der Waals surface area contributed by atoms with Crippen molar-refractivity contribution in [2.45, 2.75) is 0 Å². The molecule has 2 aromatic carbocycles. The monoisotopic (exact) mass is 310 g/mol. The Morgan fingerprint density at radius 1 is 1.18 bits per heavy atom. The number of fused-ring (bicyclic) bond motifs is 1. The highest BCUT2D eigenvalue weighted by atomic mass is 32.1. The topological polar surface area (TPSA) is 86.4 Å². The quantitative estimate of drug-likeness (QED) is 0.340. The first-order chi connectivity index (χ1) is 10.6. The van der Waals surface area contributed by atoms with Gasteiger partial charge in [-0.1, -0.05) is 12.1 Å². The number of hydrazone groups is 1. The highest BCUT2D eigenvalue weighted by Gasteiger charge is 2.04. The van der Waals surface area contributed by atoms with Gasteiger partial charge in [-0.15, -0.1) is 0 Å². The van der Waals surface area contributed by atoms with Crippen LogP contribution in [-0.2, 0) is 0 Å². The summed E-state index contributed by atoms with van der Waals surface area (Å²) in [6.45, 7) is 0. The van der Waals surface area contributed by atoms with E-state index in [0.29, 0.717) is 5.56 Å². The molecule has 22 heavy (non-hydrogen) atoms. The van der Waals surface area contributed by atoms with Gasteiger partial charge in [0.15, 0.2) is 5.11 Å². The van der Waals surface area contributed by atoms with Gasteiger partial charge in [0, 0.05) is 17.3 Å². The van der Waals surface area contributed by atoms with Crippen molar-refractivity contribution < 1.29 is 5.11 Å². The normalized spacial score (nSPS) is 11.1. The van der Waals surface area contributed by atoms with Crippen LogP contribution >= 0.6 is 12.2 Å². The third kappa shape index (κ3) is 2.91. The number of aromatic amines is 1. The van der Waals surface area contributed by atoms with Crippen LogP contribution in [0.25, 0.3) is 22.0 Å². The van der Waals surface area contributed by atoms with E-state index in [1.165, 1.54) is 6.21 Å². The van der Waals surface area contributed by atoms with Gasteiger partial charge >= 0.3 is 0 Å². The molecule has 110 valence electrons. The summed E-state index contributed by atoms with van der Waals surface area (Å²) in [7, 11) is 0. The SMILES string of the molecule is NC(=S)NN=Cc1cc(-c2ccc3[nH]ccc3c2)ccc1O. The number of hydrogen-bond acceptors (Lipinski definition) is 3. The molecule has 0 spiro atoms. The number of H-pyrrole nitrogens is 1. The van der Waals surface area contributed by atoms with E-state index in [0.717, 1.165) is 22.0 Å². The van der Waals surface area contributed by atoms with Crippen LogP contribution in [0.5, 0.6) is 5.75 Å². The molecule has 3 rings (SSSR count). The Bertz CT molecular complexity index is 869. The number of aromatic hydroxyl groups is 1. The van der Waals surface area contributed by atoms with Crippen LogP contribution < -0.4 is 11.2 Å². The highest BCUT2D eigenvalue weighted by Crippen LogP contribution is 2.27. The lowest BCUT2D eigenvalue weighted by atomic mass is 10.0. The van der Waals surface area contributed by atoms with Crippen LogP contribution in [0, 0.1) is 0 Å². The number of rotatable bonds is 3. The third-order valence-electron chi connectivity index (χ3n) is 3.29. The molecule has 5 N–H and O–H groups in total. The Morgan fingerprint density at radius 2 is 1.95 bits per heavy atom. The number of nitrogens with zero attached hydrogens (tertiary/aromatic N) is 1. The molecule has 0 saturated carbocycles. The number of phenolic OH excluding ortho intramolecular Hbond substituents is 1. The van der Waals surface area contributed by atoms with Crippen LogP contribution in [0.15, 0.2) is 53.8 Å². The van der Waals surface area contributed by atoms with E-state index in [1.54, 1.807) is 6.07 Å². The average molecular weight is 310 g/mol. The lowest BCUT2D eigenvalue weighted by Gasteiger charge is -2.05. The van der Waals surface area contributed by atoms with Crippen molar-refractivity contribution in [3.8, 4) is 16.9 Å². The van der Waals surface area contributed by atoms with Crippen molar-refractivity contribution in [2.75, 3.05) is 0 Å². The minimum atomic E-state index is 0.0739. The van der Waals surface area contributed by atoms with Crippen LogP contribution in [0.3, 0.4) is 0 Å². The lowest BCUT2D eigenvalue weighted by molar-refractivity contribution is 0.474. The molecule has 3 aromatic rings. The van der Waals surface area contributed by atoms with E-state index >= 15 is 0 Å². The summed E-state index contributed by atoms with van der Waals surface area (Å²) in [5.41, 5.74) is 11.5. The van der Waals surface area contributed by atoms with Gasteiger partial charge in [-0.05, 0) is 59.1 Å². The molecule has 6 heteroatoms. The van der Waals surface area contributed by atoms with Gasteiger partial charge in [-0.2, -0.15) is 5.10 Å². The van der Waals surface area contributed by atoms with Crippen LogP contribution in [-0.4, -0.2) is 21.4 Å². The molecule has 0 radical (unpaired) electrons. The first kappa shape index (κ1) is 14.1. The van der Waals surface area contributed by atoms with Crippen molar-refractivity contribution >= 4 is 34.4 Å². The summed E-state index contributed by atoms with van der Waals surface area (Å²) >= 11 is 4.67. The molecular formula is C16H14N4OS. The van der Waals surface area contributed by atoms with Gasteiger partial charge in [0.2, 0.25) is 0 Å². The van der Waals surface area contributed by atoms with Gasteiger partial charge in [-0.3, -0.25) is 5.43 Å². The van der Waals surface area contributed by atoms with Crippen LogP contribution in [0.4, 0.5) is 0 Å². The van der Waals surface area contributed by atoms with Gasteiger partial charge in [-0.25, -0.2) is 0 Å². The summed E-state index contributed by atoms with van der Waals surface area (Å²) in [6, 6.07) is 13.5. The van der Waals surface area contributed by atoms with E-state index in [1.807, 2.05) is 36.5 Å². The second kappa shape index (κ2) is 5.87. The molecule has 5 nitrogen and oxygen atoms in total. The summed E-state index contributed by atoms with van der Waals surface area (Å²) in [5.74, 6) is 0.139. The second-order valence-electron chi connectivity index (χ2n) is 4.79. The highest BCUT2D eigenvalue weighted by molar-refractivity contribution is 7.80. The molecule has 0 aliphatic carbocycles. The lowest BCUT2D eigenvalue weighted by Crippen LogP contribution is -2.23. The Kier molecular flexibility index (Phi) is 3.76. The smallest absolute Gasteiger partial charge is 0.184 e. The maximum Gasteiger partial charge on any atom is 0.184 e. The average Bonchev–Trinajstić information content (AvgIpc) is 2.96. The van der Waals surface area contributed by atoms with Crippen LogP contribution in [0.1, 0.15) is 5.56 Å². The zero-order chi connectivity index (χ0) is 15.5. The molecule has 0 fully saturated rings. The molecule has 0 aliphatic rings. The van der Waals surface area contributed by atoms with E-state index in [2.05, 4.69) is 33.8 Å². The Morgan fingerprint density at radius 3 is 2.77 bits per heavy atom. The number of nitrogens with one attached hydrogen (secondary N) is 2. The van der Waals surface area contributed by atoms with Crippen molar-refractivity contribution in [1.82, 2.24) is 10.4 Å². The van der Waals surface area contributed by atoms with Gasteiger partial charge in [0.05, 0.1) is 6.21 Å². The summed E-state index contributed by atoms with van der Waals surface area (Å²) in [4.78, 5) is 3.16. The molecule has 0 unspecified atom stereocenters. The molecule has 0 atom stereocenters. The fourth-order valence-corrected chi connectivity index (χ4v) is 2.29. The zero-order valence-electron chi connectivity index (χ0n) is 11.6. The van der Waals surface area contributed by atoms with E-state index < -0.39 is 0 Å². The molecular weight excluding hydrogens is 296 g/mol.